The van der Waals surface area contributed by atoms with E-state index in [2.05, 4.69) is 15.2 Å². The van der Waals surface area contributed by atoms with E-state index in [1.54, 1.807) is 24.3 Å². The molecule has 22 heavy (non-hydrogen) atoms. The zero-order chi connectivity index (χ0) is 15.8. The molecular weight excluding hydrogens is 322 g/mol. The predicted molar refractivity (Wildman–Crippen MR) is 86.1 cm³/mol. The summed E-state index contributed by atoms with van der Waals surface area (Å²) in [5.74, 6) is 1.10. The van der Waals surface area contributed by atoms with Crippen molar-refractivity contribution in [1.82, 2.24) is 15.2 Å². The van der Waals surface area contributed by atoms with Crippen LogP contribution in [0.15, 0.2) is 30.6 Å². The topological polar surface area (TPSA) is 78.9 Å². The molecule has 0 aliphatic heterocycles. The molecule has 1 fully saturated rings. The van der Waals surface area contributed by atoms with E-state index in [4.69, 9.17) is 11.6 Å². The van der Waals surface area contributed by atoms with E-state index in [1.807, 2.05) is 6.92 Å². The summed E-state index contributed by atoms with van der Waals surface area (Å²) in [6, 6.07) is 7.08. The number of aromatic amines is 1. The molecule has 0 saturated heterocycles. The normalized spacial score (nSPS) is 20.3. The van der Waals surface area contributed by atoms with Gasteiger partial charge in [-0.05, 0) is 30.5 Å². The van der Waals surface area contributed by atoms with E-state index < -0.39 is 21.1 Å². The maximum Gasteiger partial charge on any atom is 0.137 e. The van der Waals surface area contributed by atoms with Crippen LogP contribution in [-0.4, -0.2) is 35.0 Å². The monoisotopic (exact) mass is 339 g/mol. The van der Waals surface area contributed by atoms with E-state index in [1.165, 1.54) is 6.33 Å². The van der Waals surface area contributed by atoms with Gasteiger partial charge in [-0.25, -0.2) is 4.98 Å². The van der Waals surface area contributed by atoms with Crippen LogP contribution in [0, 0.1) is 0 Å². The SMILES string of the molecule is CCS(=O)C1(C(O)(Cc2ncn[nH]2)c2ccc(Cl)cc2)CC1. The highest BCUT2D eigenvalue weighted by Crippen LogP contribution is 2.55. The third-order valence-corrected chi connectivity index (χ3v) is 6.76. The number of benzene rings is 1. The minimum absolute atomic E-state index is 0.250. The molecule has 5 nitrogen and oxygen atoms in total. The first-order valence-electron chi connectivity index (χ1n) is 7.23. The fourth-order valence-electron chi connectivity index (χ4n) is 3.03. The van der Waals surface area contributed by atoms with Crippen molar-refractivity contribution in [3.05, 3.63) is 47.0 Å². The summed E-state index contributed by atoms with van der Waals surface area (Å²) in [6.45, 7) is 1.88. The molecule has 0 amide bonds. The van der Waals surface area contributed by atoms with Crippen LogP contribution in [0.1, 0.15) is 31.2 Å². The van der Waals surface area contributed by atoms with Crippen LogP contribution in [0.5, 0.6) is 0 Å². The number of nitrogens with zero attached hydrogens (tertiary/aromatic N) is 2. The van der Waals surface area contributed by atoms with Gasteiger partial charge in [0.1, 0.15) is 17.8 Å². The number of H-pyrrole nitrogens is 1. The second-order valence-corrected chi connectivity index (χ2v) is 8.09. The van der Waals surface area contributed by atoms with Crippen molar-refractivity contribution in [2.24, 2.45) is 0 Å². The van der Waals surface area contributed by atoms with Crippen LogP contribution in [0.2, 0.25) is 5.02 Å². The lowest BCUT2D eigenvalue weighted by atomic mass is 9.85. The van der Waals surface area contributed by atoms with Crippen molar-refractivity contribution in [3.8, 4) is 0 Å². The van der Waals surface area contributed by atoms with Gasteiger partial charge in [-0.15, -0.1) is 0 Å². The Bertz CT molecular complexity index is 671. The summed E-state index contributed by atoms with van der Waals surface area (Å²) in [5, 5.41) is 18.7. The van der Waals surface area contributed by atoms with Gasteiger partial charge >= 0.3 is 0 Å². The molecule has 3 rings (SSSR count). The Morgan fingerprint density at radius 3 is 2.59 bits per heavy atom. The molecule has 0 bridgehead atoms. The Morgan fingerprint density at radius 1 is 1.41 bits per heavy atom. The first-order valence-corrected chi connectivity index (χ1v) is 8.93. The average Bonchev–Trinajstić information content (AvgIpc) is 3.20. The number of hydrogen-bond acceptors (Lipinski definition) is 4. The van der Waals surface area contributed by atoms with Gasteiger partial charge in [0, 0.05) is 28.0 Å². The molecule has 0 radical (unpaired) electrons. The second kappa shape index (κ2) is 5.76. The first kappa shape index (κ1) is 15.6. The minimum Gasteiger partial charge on any atom is -0.383 e. The maximum absolute atomic E-state index is 12.6. The molecule has 0 spiro atoms. The van der Waals surface area contributed by atoms with Crippen LogP contribution in [0.4, 0.5) is 0 Å². The van der Waals surface area contributed by atoms with E-state index >= 15 is 0 Å². The average molecular weight is 340 g/mol. The van der Waals surface area contributed by atoms with Crippen LogP contribution in [-0.2, 0) is 22.8 Å². The zero-order valence-electron chi connectivity index (χ0n) is 12.3. The van der Waals surface area contributed by atoms with E-state index in [0.29, 0.717) is 22.2 Å². The summed E-state index contributed by atoms with van der Waals surface area (Å²) < 4.78 is 12.0. The summed E-state index contributed by atoms with van der Waals surface area (Å²) in [7, 11) is -1.11. The van der Waals surface area contributed by atoms with Crippen LogP contribution < -0.4 is 0 Å². The van der Waals surface area contributed by atoms with Crippen LogP contribution in [0.3, 0.4) is 0 Å². The second-order valence-electron chi connectivity index (χ2n) is 5.60. The molecule has 2 N–H and O–H groups in total. The van der Waals surface area contributed by atoms with Gasteiger partial charge in [0.2, 0.25) is 0 Å². The highest BCUT2D eigenvalue weighted by atomic mass is 35.5. The van der Waals surface area contributed by atoms with Gasteiger partial charge in [-0.2, -0.15) is 5.10 Å². The Morgan fingerprint density at radius 2 is 2.09 bits per heavy atom. The fraction of sp³-hybridized carbons (Fsp3) is 0.467. The fourth-order valence-corrected chi connectivity index (χ4v) is 4.83. The smallest absolute Gasteiger partial charge is 0.137 e. The highest BCUT2D eigenvalue weighted by Gasteiger charge is 2.63. The number of halogens is 1. The largest absolute Gasteiger partial charge is 0.383 e. The van der Waals surface area contributed by atoms with Crippen molar-refractivity contribution in [2.75, 3.05) is 5.75 Å². The van der Waals surface area contributed by atoms with Crippen LogP contribution >= 0.6 is 11.6 Å². The summed E-state index contributed by atoms with van der Waals surface area (Å²) in [5.41, 5.74) is -0.537. The lowest BCUT2D eigenvalue weighted by molar-refractivity contribution is 0.0230. The molecular formula is C15H18ClN3O2S. The van der Waals surface area contributed by atoms with Crippen molar-refractivity contribution in [3.63, 3.8) is 0 Å². The Labute approximate surface area is 136 Å². The predicted octanol–water partition coefficient (Wildman–Crippen LogP) is 2.19. The molecule has 1 aliphatic rings. The molecule has 1 aliphatic carbocycles. The van der Waals surface area contributed by atoms with Gasteiger partial charge < -0.3 is 5.11 Å². The summed E-state index contributed by atoms with van der Waals surface area (Å²) in [4.78, 5) is 4.12. The van der Waals surface area contributed by atoms with Crippen molar-refractivity contribution in [2.45, 2.75) is 36.5 Å². The third kappa shape index (κ3) is 2.49. The summed E-state index contributed by atoms with van der Waals surface area (Å²) >= 11 is 5.95. The Hall–Kier alpha value is -1.24. The lowest BCUT2D eigenvalue weighted by Gasteiger charge is -2.36. The van der Waals surface area contributed by atoms with Crippen molar-refractivity contribution >= 4 is 22.4 Å². The van der Waals surface area contributed by atoms with Crippen LogP contribution in [0.25, 0.3) is 0 Å². The summed E-state index contributed by atoms with van der Waals surface area (Å²) in [6.07, 6.45) is 3.13. The van der Waals surface area contributed by atoms with Gasteiger partial charge in [0.25, 0.3) is 0 Å². The van der Waals surface area contributed by atoms with Gasteiger partial charge in [-0.1, -0.05) is 30.7 Å². The van der Waals surface area contributed by atoms with Crippen molar-refractivity contribution in [1.29, 1.82) is 0 Å². The number of hydrogen-bond donors (Lipinski definition) is 2. The maximum atomic E-state index is 12.6. The van der Waals surface area contributed by atoms with Crippen molar-refractivity contribution < 1.29 is 9.32 Å². The molecule has 2 atom stereocenters. The Balaban J connectivity index is 2.06. The number of aliphatic hydroxyl groups is 1. The highest BCUT2D eigenvalue weighted by molar-refractivity contribution is 7.86. The quantitative estimate of drug-likeness (QED) is 0.845. The zero-order valence-corrected chi connectivity index (χ0v) is 13.8. The van der Waals surface area contributed by atoms with Gasteiger partial charge in [0.15, 0.2) is 0 Å². The molecule has 118 valence electrons. The lowest BCUT2D eigenvalue weighted by Crippen LogP contribution is -2.47. The molecule has 1 aromatic heterocycles. The first-order chi connectivity index (χ1) is 10.5. The van der Waals surface area contributed by atoms with E-state index in [0.717, 1.165) is 12.8 Å². The molecule has 2 aromatic rings. The number of rotatable bonds is 6. The number of nitrogens with one attached hydrogen (secondary N) is 1. The Kier molecular flexibility index (Phi) is 4.09. The molecule has 1 saturated carbocycles. The van der Waals surface area contributed by atoms with Gasteiger partial charge in [-0.3, -0.25) is 9.31 Å². The van der Waals surface area contributed by atoms with E-state index in [-0.39, 0.29) is 6.42 Å². The van der Waals surface area contributed by atoms with Gasteiger partial charge in [0.05, 0.1) is 4.75 Å². The third-order valence-electron chi connectivity index (χ3n) is 4.37. The minimum atomic E-state index is -1.25. The number of aromatic nitrogens is 3. The molecule has 1 heterocycles. The molecule has 7 heteroatoms. The molecule has 2 unspecified atom stereocenters. The standard InChI is InChI=1S/C15H18ClN3O2S/c1-2-22(21)14(7-8-14)15(20,9-13-17-10-18-19-13)11-3-5-12(16)6-4-11/h3-6,10,20H,2,7-9H2,1H3,(H,17,18,19). The van der Waals surface area contributed by atoms with E-state index in [9.17, 15) is 9.32 Å². The molecule has 1 aromatic carbocycles.